The van der Waals surface area contributed by atoms with E-state index in [0.29, 0.717) is 24.7 Å². The SMILES string of the molecule is O=C(c1cccc(NS(=O)(=O)c2ccccc2F)c1)N1CCC(N2CCc3ccccc3C2)C1. The Labute approximate surface area is 199 Å². The molecule has 6 nitrogen and oxygen atoms in total. The van der Waals surface area contributed by atoms with Gasteiger partial charge < -0.3 is 4.90 Å². The summed E-state index contributed by atoms with van der Waals surface area (Å²) in [6.07, 6.45) is 1.93. The first kappa shape index (κ1) is 22.6. The Morgan fingerprint density at radius 1 is 0.941 bits per heavy atom. The van der Waals surface area contributed by atoms with Crippen LogP contribution in [0.1, 0.15) is 27.9 Å². The van der Waals surface area contributed by atoms with Crippen LogP contribution in [-0.4, -0.2) is 49.8 Å². The van der Waals surface area contributed by atoms with Crippen molar-refractivity contribution in [1.29, 1.82) is 0 Å². The molecular weight excluding hydrogens is 453 g/mol. The molecule has 0 aliphatic carbocycles. The van der Waals surface area contributed by atoms with Gasteiger partial charge in [0.1, 0.15) is 10.7 Å². The molecule has 0 saturated carbocycles. The van der Waals surface area contributed by atoms with Gasteiger partial charge in [-0.25, -0.2) is 12.8 Å². The standard InChI is InChI=1S/C26H26FN3O3S/c27-24-10-3-4-11-25(24)34(32,33)28-22-9-5-8-20(16-22)26(31)30-15-13-23(18-30)29-14-12-19-6-1-2-7-21(19)17-29/h1-11,16,23,28H,12-15,17-18H2. The number of nitrogens with zero attached hydrogens (tertiary/aromatic N) is 2. The Balaban J connectivity index is 1.26. The maximum atomic E-state index is 14.0. The van der Waals surface area contributed by atoms with Gasteiger partial charge in [-0.1, -0.05) is 42.5 Å². The number of fused-ring (bicyclic) bond motifs is 1. The van der Waals surface area contributed by atoms with Crippen molar-refractivity contribution in [1.82, 2.24) is 9.80 Å². The highest BCUT2D eigenvalue weighted by Crippen LogP contribution is 2.26. The lowest BCUT2D eigenvalue weighted by molar-refractivity contribution is 0.0773. The fraction of sp³-hybridized carbons (Fsp3) is 0.269. The van der Waals surface area contributed by atoms with E-state index >= 15 is 0 Å². The zero-order chi connectivity index (χ0) is 23.7. The molecule has 2 aliphatic rings. The van der Waals surface area contributed by atoms with Gasteiger partial charge in [0.25, 0.3) is 15.9 Å². The van der Waals surface area contributed by atoms with E-state index in [2.05, 4.69) is 33.9 Å². The second-order valence-electron chi connectivity index (χ2n) is 8.80. The zero-order valence-electron chi connectivity index (χ0n) is 18.7. The Morgan fingerprint density at radius 3 is 2.53 bits per heavy atom. The summed E-state index contributed by atoms with van der Waals surface area (Å²) in [4.78, 5) is 17.0. The van der Waals surface area contributed by atoms with Crippen LogP contribution in [0.4, 0.5) is 10.1 Å². The number of anilines is 1. The van der Waals surface area contributed by atoms with E-state index < -0.39 is 20.7 Å². The first-order chi connectivity index (χ1) is 16.4. The lowest BCUT2D eigenvalue weighted by Crippen LogP contribution is -2.41. The smallest absolute Gasteiger partial charge is 0.264 e. The lowest BCUT2D eigenvalue weighted by Gasteiger charge is -2.33. The third kappa shape index (κ3) is 4.56. The van der Waals surface area contributed by atoms with E-state index in [1.807, 2.05) is 4.90 Å². The first-order valence-electron chi connectivity index (χ1n) is 11.4. The molecule has 0 spiro atoms. The number of likely N-dealkylation sites (tertiary alicyclic amines) is 1. The highest BCUT2D eigenvalue weighted by Gasteiger charge is 2.32. The fourth-order valence-electron chi connectivity index (χ4n) is 4.82. The molecule has 1 N–H and O–H groups in total. The number of rotatable bonds is 5. The molecule has 1 saturated heterocycles. The predicted molar refractivity (Wildman–Crippen MR) is 129 cm³/mol. The van der Waals surface area contributed by atoms with E-state index in [1.165, 1.54) is 35.4 Å². The summed E-state index contributed by atoms with van der Waals surface area (Å²) < 4.78 is 41.6. The molecule has 0 aromatic heterocycles. The first-order valence-corrected chi connectivity index (χ1v) is 12.9. The molecule has 176 valence electrons. The number of carbonyl (C=O) groups is 1. The van der Waals surface area contributed by atoms with Crippen LogP contribution in [0.15, 0.2) is 77.7 Å². The summed E-state index contributed by atoms with van der Waals surface area (Å²) in [6, 6.07) is 20.4. The number of amides is 1. The molecule has 1 atom stereocenters. The summed E-state index contributed by atoms with van der Waals surface area (Å²) >= 11 is 0. The van der Waals surface area contributed by atoms with Gasteiger partial charge in [-0.2, -0.15) is 0 Å². The highest BCUT2D eigenvalue weighted by molar-refractivity contribution is 7.92. The molecule has 0 radical (unpaired) electrons. The zero-order valence-corrected chi connectivity index (χ0v) is 19.5. The monoisotopic (exact) mass is 479 g/mol. The van der Waals surface area contributed by atoms with E-state index in [-0.39, 0.29) is 11.6 Å². The Bertz CT molecular complexity index is 1330. The van der Waals surface area contributed by atoms with Gasteiger partial charge in [0.2, 0.25) is 0 Å². The van der Waals surface area contributed by atoms with Crippen molar-refractivity contribution in [3.8, 4) is 0 Å². The molecule has 2 aliphatic heterocycles. The summed E-state index contributed by atoms with van der Waals surface area (Å²) in [5.74, 6) is -0.961. The molecule has 1 fully saturated rings. The highest BCUT2D eigenvalue weighted by atomic mass is 32.2. The normalized spacial score (nSPS) is 18.5. The second kappa shape index (κ2) is 9.19. The predicted octanol–water partition coefficient (Wildman–Crippen LogP) is 3.90. The molecule has 2 heterocycles. The molecule has 3 aromatic carbocycles. The van der Waals surface area contributed by atoms with Gasteiger partial charge >= 0.3 is 0 Å². The van der Waals surface area contributed by atoms with E-state index in [9.17, 15) is 17.6 Å². The average molecular weight is 480 g/mol. The fourth-order valence-corrected chi connectivity index (χ4v) is 5.95. The van der Waals surface area contributed by atoms with Gasteiger partial charge in [-0.15, -0.1) is 0 Å². The number of hydrogen-bond acceptors (Lipinski definition) is 4. The Kier molecular flexibility index (Phi) is 6.10. The number of hydrogen-bond donors (Lipinski definition) is 1. The molecule has 3 aromatic rings. The molecule has 1 unspecified atom stereocenters. The van der Waals surface area contributed by atoms with Crippen LogP contribution in [-0.2, 0) is 23.0 Å². The van der Waals surface area contributed by atoms with Crippen molar-refractivity contribution in [3.05, 3.63) is 95.3 Å². The molecule has 1 amide bonds. The van der Waals surface area contributed by atoms with Crippen molar-refractivity contribution in [2.45, 2.75) is 30.3 Å². The lowest BCUT2D eigenvalue weighted by atomic mass is 9.98. The van der Waals surface area contributed by atoms with Crippen LogP contribution in [0.3, 0.4) is 0 Å². The molecule has 5 rings (SSSR count). The minimum absolute atomic E-state index is 0.133. The number of carbonyl (C=O) groups excluding carboxylic acids is 1. The summed E-state index contributed by atoms with van der Waals surface area (Å²) in [5.41, 5.74) is 3.38. The number of halogens is 1. The Morgan fingerprint density at radius 2 is 1.71 bits per heavy atom. The molecule has 8 heteroatoms. The quantitative estimate of drug-likeness (QED) is 0.603. The van der Waals surface area contributed by atoms with Crippen molar-refractivity contribution < 1.29 is 17.6 Å². The van der Waals surface area contributed by atoms with E-state index in [4.69, 9.17) is 0 Å². The largest absolute Gasteiger partial charge is 0.337 e. The summed E-state index contributed by atoms with van der Waals surface area (Å²) in [5, 5.41) is 0. The molecular formula is C26H26FN3O3S. The third-order valence-corrected chi connectivity index (χ3v) is 8.03. The van der Waals surface area contributed by atoms with Crippen LogP contribution in [0.2, 0.25) is 0 Å². The Hall–Kier alpha value is -3.23. The van der Waals surface area contributed by atoms with E-state index in [1.54, 1.807) is 18.2 Å². The van der Waals surface area contributed by atoms with Crippen LogP contribution in [0.25, 0.3) is 0 Å². The maximum absolute atomic E-state index is 14.0. The van der Waals surface area contributed by atoms with Crippen molar-refractivity contribution in [2.24, 2.45) is 0 Å². The van der Waals surface area contributed by atoms with Crippen LogP contribution in [0, 0.1) is 5.82 Å². The molecule has 0 bridgehead atoms. The van der Waals surface area contributed by atoms with Crippen LogP contribution in [0.5, 0.6) is 0 Å². The van der Waals surface area contributed by atoms with Crippen molar-refractivity contribution >= 4 is 21.6 Å². The topological polar surface area (TPSA) is 69.7 Å². The van der Waals surface area contributed by atoms with Crippen molar-refractivity contribution in [2.75, 3.05) is 24.4 Å². The molecule has 34 heavy (non-hydrogen) atoms. The maximum Gasteiger partial charge on any atom is 0.264 e. The van der Waals surface area contributed by atoms with Crippen LogP contribution < -0.4 is 4.72 Å². The van der Waals surface area contributed by atoms with Crippen molar-refractivity contribution in [3.63, 3.8) is 0 Å². The summed E-state index contributed by atoms with van der Waals surface area (Å²) in [6.45, 7) is 3.19. The average Bonchev–Trinajstić information content (AvgIpc) is 3.34. The minimum Gasteiger partial charge on any atom is -0.337 e. The number of nitrogens with one attached hydrogen (secondary N) is 1. The van der Waals surface area contributed by atoms with Crippen LogP contribution >= 0.6 is 0 Å². The summed E-state index contributed by atoms with van der Waals surface area (Å²) in [7, 11) is -4.11. The second-order valence-corrected chi connectivity index (χ2v) is 10.5. The van der Waals surface area contributed by atoms with Gasteiger partial charge in [0.15, 0.2) is 0 Å². The van der Waals surface area contributed by atoms with Gasteiger partial charge in [-0.3, -0.25) is 14.4 Å². The third-order valence-electron chi connectivity index (χ3n) is 6.62. The number of benzene rings is 3. The van der Waals surface area contributed by atoms with Gasteiger partial charge in [0, 0.05) is 43.5 Å². The van der Waals surface area contributed by atoms with Gasteiger partial charge in [0.05, 0.1) is 0 Å². The minimum atomic E-state index is -4.11. The van der Waals surface area contributed by atoms with Gasteiger partial charge in [-0.05, 0) is 54.3 Å². The number of sulfonamides is 1. The van der Waals surface area contributed by atoms with E-state index in [0.717, 1.165) is 32.0 Å².